The number of benzene rings is 2. The van der Waals surface area contributed by atoms with E-state index in [0.29, 0.717) is 17.0 Å². The molecule has 0 radical (unpaired) electrons. The molecule has 0 aliphatic carbocycles. The predicted molar refractivity (Wildman–Crippen MR) is 117 cm³/mol. The van der Waals surface area contributed by atoms with E-state index in [2.05, 4.69) is 10.4 Å². The quantitative estimate of drug-likeness (QED) is 0.329. The zero-order chi connectivity index (χ0) is 23.3. The van der Waals surface area contributed by atoms with E-state index in [1.165, 1.54) is 18.2 Å². The molecule has 0 aliphatic rings. The molecule has 1 unspecified atom stereocenters. The predicted octanol–water partition coefficient (Wildman–Crippen LogP) is 3.36. The third kappa shape index (κ3) is 4.83. The van der Waals surface area contributed by atoms with Gasteiger partial charge in [0.1, 0.15) is 0 Å². The first-order valence-corrected chi connectivity index (χ1v) is 10.1. The Bertz CT molecular complexity index is 1140. The van der Waals surface area contributed by atoms with Gasteiger partial charge in [0, 0.05) is 22.9 Å². The first-order chi connectivity index (χ1) is 15.3. The summed E-state index contributed by atoms with van der Waals surface area (Å²) in [7, 11) is 0. The summed E-state index contributed by atoms with van der Waals surface area (Å²) in [5.74, 6) is -1.16. The molecular weight excluding hydrogens is 412 g/mol. The number of esters is 1. The van der Waals surface area contributed by atoms with Crippen molar-refractivity contribution in [1.82, 2.24) is 15.1 Å². The number of rotatable bonds is 8. The van der Waals surface area contributed by atoms with Crippen molar-refractivity contribution in [2.45, 2.75) is 33.2 Å². The smallest absolute Gasteiger partial charge is 0.333 e. The van der Waals surface area contributed by atoms with Crippen molar-refractivity contribution in [2.75, 3.05) is 6.61 Å². The third-order valence-electron chi connectivity index (χ3n) is 5.00. The minimum absolute atomic E-state index is 0.139. The lowest BCUT2D eigenvalue weighted by Crippen LogP contribution is -2.36. The van der Waals surface area contributed by atoms with Gasteiger partial charge in [-0.25, -0.2) is 9.48 Å². The Balaban J connectivity index is 1.94. The molecule has 166 valence electrons. The fourth-order valence-electron chi connectivity index (χ4n) is 3.59. The van der Waals surface area contributed by atoms with Gasteiger partial charge in [0.15, 0.2) is 6.04 Å². The van der Waals surface area contributed by atoms with Crippen LogP contribution in [0, 0.1) is 24.0 Å². The molecule has 0 fully saturated rings. The standard InChI is InChI=1S/C23H24N4O5/c1-4-32-23(29)22(24-20(28)14-17-10-8-9-13-19(17)27(30)31)21-15(2)25-26(16(21)3)18-11-6-5-7-12-18/h5-13,22H,4,14H2,1-3H3,(H,24,28). The van der Waals surface area contributed by atoms with Gasteiger partial charge in [0.2, 0.25) is 5.91 Å². The first-order valence-electron chi connectivity index (χ1n) is 10.1. The Morgan fingerprint density at radius 2 is 1.78 bits per heavy atom. The van der Waals surface area contributed by atoms with E-state index in [1.54, 1.807) is 24.6 Å². The van der Waals surface area contributed by atoms with Crippen LogP contribution in [-0.4, -0.2) is 33.2 Å². The van der Waals surface area contributed by atoms with E-state index in [4.69, 9.17) is 4.74 Å². The monoisotopic (exact) mass is 436 g/mol. The SMILES string of the molecule is CCOC(=O)C(NC(=O)Cc1ccccc1[N+](=O)[O-])c1c(C)nn(-c2ccccc2)c1C. The molecular formula is C23H24N4O5. The summed E-state index contributed by atoms with van der Waals surface area (Å²) in [5, 5.41) is 18.5. The Morgan fingerprint density at radius 1 is 1.12 bits per heavy atom. The number of nitro groups is 1. The first kappa shape index (κ1) is 22.7. The highest BCUT2D eigenvalue weighted by Crippen LogP contribution is 2.26. The van der Waals surface area contributed by atoms with Crippen molar-refractivity contribution in [3.8, 4) is 5.69 Å². The number of hydrogen-bond donors (Lipinski definition) is 1. The van der Waals surface area contributed by atoms with Crippen molar-refractivity contribution in [1.29, 1.82) is 0 Å². The van der Waals surface area contributed by atoms with E-state index in [1.807, 2.05) is 37.3 Å². The van der Waals surface area contributed by atoms with Crippen molar-refractivity contribution in [3.63, 3.8) is 0 Å². The summed E-state index contributed by atoms with van der Waals surface area (Å²) in [4.78, 5) is 36.3. The van der Waals surface area contributed by atoms with Crippen LogP contribution in [0.1, 0.15) is 35.5 Å². The summed E-state index contributed by atoms with van der Waals surface area (Å²) in [5.41, 5.74) is 2.69. The van der Waals surface area contributed by atoms with Gasteiger partial charge in [-0.05, 0) is 32.9 Å². The lowest BCUT2D eigenvalue weighted by Gasteiger charge is -2.18. The van der Waals surface area contributed by atoms with Gasteiger partial charge in [-0.1, -0.05) is 36.4 Å². The highest BCUT2D eigenvalue weighted by Gasteiger charge is 2.31. The summed E-state index contributed by atoms with van der Waals surface area (Å²) in [6, 6.07) is 14.3. The van der Waals surface area contributed by atoms with Gasteiger partial charge in [0.25, 0.3) is 5.69 Å². The van der Waals surface area contributed by atoms with Crippen molar-refractivity contribution in [2.24, 2.45) is 0 Å². The van der Waals surface area contributed by atoms with Crippen molar-refractivity contribution in [3.05, 3.63) is 87.2 Å². The highest BCUT2D eigenvalue weighted by molar-refractivity contribution is 5.87. The fourth-order valence-corrected chi connectivity index (χ4v) is 3.59. The number of aryl methyl sites for hydroxylation is 1. The molecule has 1 atom stereocenters. The number of aromatic nitrogens is 2. The maximum absolute atomic E-state index is 12.8. The molecule has 9 heteroatoms. The van der Waals surface area contributed by atoms with Crippen LogP contribution in [0.5, 0.6) is 0 Å². The molecule has 3 aromatic rings. The number of amides is 1. The van der Waals surface area contributed by atoms with Gasteiger partial charge in [-0.2, -0.15) is 5.10 Å². The van der Waals surface area contributed by atoms with E-state index in [-0.39, 0.29) is 24.3 Å². The number of carbonyl (C=O) groups excluding carboxylic acids is 2. The summed E-state index contributed by atoms with van der Waals surface area (Å²) in [6.07, 6.45) is -0.252. The van der Waals surface area contributed by atoms with E-state index in [9.17, 15) is 19.7 Å². The second kappa shape index (κ2) is 9.86. The molecule has 32 heavy (non-hydrogen) atoms. The van der Waals surface area contributed by atoms with E-state index in [0.717, 1.165) is 5.69 Å². The van der Waals surface area contributed by atoms with Crippen LogP contribution in [0.15, 0.2) is 54.6 Å². The van der Waals surface area contributed by atoms with Gasteiger partial charge in [0.05, 0.1) is 29.3 Å². The van der Waals surface area contributed by atoms with Crippen LogP contribution in [0.3, 0.4) is 0 Å². The van der Waals surface area contributed by atoms with Crippen LogP contribution in [-0.2, 0) is 20.7 Å². The third-order valence-corrected chi connectivity index (χ3v) is 5.00. The zero-order valence-corrected chi connectivity index (χ0v) is 18.1. The number of ether oxygens (including phenoxy) is 1. The van der Waals surface area contributed by atoms with Gasteiger partial charge in [-0.3, -0.25) is 14.9 Å². The lowest BCUT2D eigenvalue weighted by molar-refractivity contribution is -0.385. The van der Waals surface area contributed by atoms with Crippen molar-refractivity contribution < 1.29 is 19.2 Å². The van der Waals surface area contributed by atoms with Crippen molar-refractivity contribution >= 4 is 17.6 Å². The number of nitro benzene ring substituents is 1. The number of para-hydroxylation sites is 2. The number of nitrogens with one attached hydrogen (secondary N) is 1. The van der Waals surface area contributed by atoms with Gasteiger partial charge in [-0.15, -0.1) is 0 Å². The fraction of sp³-hybridized carbons (Fsp3) is 0.261. The maximum atomic E-state index is 12.8. The second-order valence-corrected chi connectivity index (χ2v) is 7.15. The molecule has 0 aliphatic heterocycles. The Morgan fingerprint density at radius 3 is 2.44 bits per heavy atom. The van der Waals surface area contributed by atoms with E-state index >= 15 is 0 Å². The average molecular weight is 436 g/mol. The van der Waals surface area contributed by atoms with Crippen LogP contribution >= 0.6 is 0 Å². The Labute approximate surface area is 185 Å². The molecule has 0 saturated carbocycles. The van der Waals surface area contributed by atoms with Crippen LogP contribution < -0.4 is 5.32 Å². The normalized spacial score (nSPS) is 11.6. The molecule has 2 aromatic carbocycles. The van der Waals surface area contributed by atoms with Crippen LogP contribution in [0.4, 0.5) is 5.69 Å². The number of hydrogen-bond acceptors (Lipinski definition) is 6. The van der Waals surface area contributed by atoms with Gasteiger partial charge < -0.3 is 10.1 Å². The molecule has 0 saturated heterocycles. The van der Waals surface area contributed by atoms with Crippen LogP contribution in [0.25, 0.3) is 5.69 Å². The summed E-state index contributed by atoms with van der Waals surface area (Å²) in [6.45, 7) is 5.38. The zero-order valence-electron chi connectivity index (χ0n) is 18.1. The molecule has 9 nitrogen and oxygen atoms in total. The Kier molecular flexibility index (Phi) is 6.99. The molecule has 1 aromatic heterocycles. The molecule has 0 bridgehead atoms. The summed E-state index contributed by atoms with van der Waals surface area (Å²) < 4.78 is 6.90. The largest absolute Gasteiger partial charge is 0.464 e. The number of nitrogens with zero attached hydrogens (tertiary/aromatic N) is 3. The number of carbonyl (C=O) groups is 2. The van der Waals surface area contributed by atoms with Gasteiger partial charge >= 0.3 is 5.97 Å². The molecule has 1 amide bonds. The second-order valence-electron chi connectivity index (χ2n) is 7.15. The highest BCUT2D eigenvalue weighted by atomic mass is 16.6. The maximum Gasteiger partial charge on any atom is 0.333 e. The minimum Gasteiger partial charge on any atom is -0.464 e. The summed E-state index contributed by atoms with van der Waals surface area (Å²) >= 11 is 0. The molecule has 0 spiro atoms. The molecule has 3 rings (SSSR count). The average Bonchev–Trinajstić information content (AvgIpc) is 3.07. The minimum atomic E-state index is -1.09. The van der Waals surface area contributed by atoms with Crippen LogP contribution in [0.2, 0.25) is 0 Å². The lowest BCUT2D eigenvalue weighted by atomic mass is 10.0. The Hall–Kier alpha value is -4.01. The molecule has 1 N–H and O–H groups in total. The topological polar surface area (TPSA) is 116 Å². The van der Waals surface area contributed by atoms with E-state index < -0.39 is 22.8 Å². The molecule has 1 heterocycles.